The van der Waals surface area contributed by atoms with E-state index in [2.05, 4.69) is 11.9 Å². The molecule has 1 atom stereocenters. The van der Waals surface area contributed by atoms with E-state index in [1.807, 2.05) is 23.1 Å². The third-order valence-electron chi connectivity index (χ3n) is 2.49. The average Bonchev–Trinajstić information content (AvgIpc) is 2.47. The highest BCUT2D eigenvalue weighted by molar-refractivity contribution is 5.78. The van der Waals surface area contributed by atoms with Gasteiger partial charge in [-0.2, -0.15) is 0 Å². The summed E-state index contributed by atoms with van der Waals surface area (Å²) in [6.45, 7) is 3.63. The third-order valence-corrected chi connectivity index (χ3v) is 2.49. The maximum absolute atomic E-state index is 11.5. The quantitative estimate of drug-likeness (QED) is 0.707. The molecule has 0 aliphatic carbocycles. The first-order valence-electron chi connectivity index (χ1n) is 4.93. The molecule has 0 radical (unpaired) electrons. The second-order valence-corrected chi connectivity index (χ2v) is 3.90. The van der Waals surface area contributed by atoms with Gasteiger partial charge < -0.3 is 4.90 Å². The molecule has 1 fully saturated rings. The van der Waals surface area contributed by atoms with Gasteiger partial charge >= 0.3 is 0 Å². The first-order valence-corrected chi connectivity index (χ1v) is 4.93. The highest BCUT2D eigenvalue weighted by Gasteiger charge is 2.26. The molecule has 3 heteroatoms. The van der Waals surface area contributed by atoms with Gasteiger partial charge in [-0.05, 0) is 18.1 Å². The number of aromatic nitrogens is 1. The van der Waals surface area contributed by atoms with Gasteiger partial charge in [0.15, 0.2) is 0 Å². The highest BCUT2D eigenvalue weighted by Crippen LogP contribution is 2.18. The van der Waals surface area contributed by atoms with E-state index in [-0.39, 0.29) is 5.91 Å². The van der Waals surface area contributed by atoms with E-state index in [1.165, 1.54) is 0 Å². The minimum atomic E-state index is 0.253. The molecule has 1 aliphatic heterocycles. The number of hydrogen-bond acceptors (Lipinski definition) is 2. The van der Waals surface area contributed by atoms with Crippen LogP contribution in [0.3, 0.4) is 0 Å². The van der Waals surface area contributed by atoms with Crippen molar-refractivity contribution < 1.29 is 4.79 Å². The fourth-order valence-electron chi connectivity index (χ4n) is 1.81. The number of carbonyl (C=O) groups excluding carboxylic acids is 1. The summed E-state index contributed by atoms with van der Waals surface area (Å²) >= 11 is 0. The average molecular weight is 190 g/mol. The summed E-state index contributed by atoms with van der Waals surface area (Å²) < 4.78 is 0. The monoisotopic (exact) mass is 190 g/mol. The lowest BCUT2D eigenvalue weighted by molar-refractivity contribution is -0.128. The van der Waals surface area contributed by atoms with Crippen molar-refractivity contribution in [1.29, 1.82) is 0 Å². The predicted molar refractivity (Wildman–Crippen MR) is 53.4 cm³/mol. The van der Waals surface area contributed by atoms with Gasteiger partial charge in [-0.15, -0.1) is 0 Å². The molecule has 0 spiro atoms. The Morgan fingerprint density at radius 1 is 1.57 bits per heavy atom. The van der Waals surface area contributed by atoms with Crippen LogP contribution < -0.4 is 0 Å². The molecule has 1 aromatic heterocycles. The first kappa shape index (κ1) is 9.19. The second kappa shape index (κ2) is 3.78. The van der Waals surface area contributed by atoms with E-state index >= 15 is 0 Å². The number of nitrogens with zero attached hydrogens (tertiary/aromatic N) is 2. The number of amides is 1. The Morgan fingerprint density at radius 3 is 3.00 bits per heavy atom. The van der Waals surface area contributed by atoms with Crippen LogP contribution in [0.15, 0.2) is 24.4 Å². The summed E-state index contributed by atoms with van der Waals surface area (Å²) in [6, 6.07) is 5.79. The topological polar surface area (TPSA) is 33.2 Å². The molecular formula is C11H14N2O. The van der Waals surface area contributed by atoms with Gasteiger partial charge in [0.2, 0.25) is 5.91 Å². The molecule has 74 valence electrons. The molecule has 2 rings (SSSR count). The molecule has 2 heterocycles. The van der Waals surface area contributed by atoms with Crippen molar-refractivity contribution in [2.75, 3.05) is 6.54 Å². The van der Waals surface area contributed by atoms with Crippen molar-refractivity contribution >= 4 is 5.91 Å². The van der Waals surface area contributed by atoms with E-state index in [0.717, 1.165) is 12.2 Å². The molecule has 0 saturated carbocycles. The van der Waals surface area contributed by atoms with Gasteiger partial charge in [-0.1, -0.05) is 13.0 Å². The minimum absolute atomic E-state index is 0.253. The Bertz CT molecular complexity index is 323. The zero-order valence-electron chi connectivity index (χ0n) is 8.31. The van der Waals surface area contributed by atoms with Crippen LogP contribution in [0.1, 0.15) is 19.0 Å². The van der Waals surface area contributed by atoms with Crippen molar-refractivity contribution in [3.05, 3.63) is 30.1 Å². The molecule has 0 aromatic carbocycles. The fraction of sp³-hybridized carbons (Fsp3) is 0.455. The van der Waals surface area contributed by atoms with Gasteiger partial charge in [-0.3, -0.25) is 9.78 Å². The molecular weight excluding hydrogens is 176 g/mol. The first-order chi connectivity index (χ1) is 6.75. The SMILES string of the molecule is CC1CC(=O)N(Cc2ccccn2)C1. The lowest BCUT2D eigenvalue weighted by Crippen LogP contribution is -2.24. The molecule has 1 amide bonds. The normalized spacial score (nSPS) is 21.6. The summed E-state index contributed by atoms with van der Waals surface area (Å²) in [6.07, 6.45) is 2.45. The summed E-state index contributed by atoms with van der Waals surface area (Å²) in [4.78, 5) is 17.6. The number of likely N-dealkylation sites (tertiary alicyclic amines) is 1. The summed E-state index contributed by atoms with van der Waals surface area (Å²) in [5, 5.41) is 0. The molecule has 1 unspecified atom stereocenters. The van der Waals surface area contributed by atoms with Crippen molar-refractivity contribution in [1.82, 2.24) is 9.88 Å². The molecule has 0 bridgehead atoms. The Hall–Kier alpha value is -1.38. The highest BCUT2D eigenvalue weighted by atomic mass is 16.2. The molecule has 1 aromatic rings. The lowest BCUT2D eigenvalue weighted by atomic mass is 10.2. The van der Waals surface area contributed by atoms with E-state index in [9.17, 15) is 4.79 Å². The summed E-state index contributed by atoms with van der Waals surface area (Å²) in [7, 11) is 0. The van der Waals surface area contributed by atoms with Crippen molar-refractivity contribution in [2.24, 2.45) is 5.92 Å². The lowest BCUT2D eigenvalue weighted by Gasteiger charge is -2.14. The van der Waals surface area contributed by atoms with Crippen LogP contribution >= 0.6 is 0 Å². The van der Waals surface area contributed by atoms with Crippen molar-refractivity contribution in [2.45, 2.75) is 19.9 Å². The smallest absolute Gasteiger partial charge is 0.223 e. The maximum Gasteiger partial charge on any atom is 0.223 e. The molecule has 0 N–H and O–H groups in total. The fourth-order valence-corrected chi connectivity index (χ4v) is 1.81. The standard InChI is InChI=1S/C11H14N2O/c1-9-6-11(14)13(7-9)8-10-4-2-3-5-12-10/h2-5,9H,6-8H2,1H3. The van der Waals surface area contributed by atoms with Gasteiger partial charge in [-0.25, -0.2) is 0 Å². The molecule has 14 heavy (non-hydrogen) atoms. The van der Waals surface area contributed by atoms with Gasteiger partial charge in [0, 0.05) is 19.2 Å². The zero-order valence-corrected chi connectivity index (χ0v) is 8.31. The number of carbonyl (C=O) groups is 1. The minimum Gasteiger partial charge on any atom is -0.337 e. The van der Waals surface area contributed by atoms with E-state index in [4.69, 9.17) is 0 Å². The maximum atomic E-state index is 11.5. The van der Waals surface area contributed by atoms with Crippen LogP contribution in [0, 0.1) is 5.92 Å². The Morgan fingerprint density at radius 2 is 2.43 bits per heavy atom. The van der Waals surface area contributed by atoms with Crippen LogP contribution in [-0.2, 0) is 11.3 Å². The van der Waals surface area contributed by atoms with Crippen LogP contribution in [-0.4, -0.2) is 22.3 Å². The Balaban J connectivity index is 2.02. The van der Waals surface area contributed by atoms with Gasteiger partial charge in [0.05, 0.1) is 12.2 Å². The third kappa shape index (κ3) is 1.92. The van der Waals surface area contributed by atoms with Crippen LogP contribution in [0.25, 0.3) is 0 Å². The number of rotatable bonds is 2. The molecule has 3 nitrogen and oxygen atoms in total. The van der Waals surface area contributed by atoms with Gasteiger partial charge in [0.1, 0.15) is 0 Å². The van der Waals surface area contributed by atoms with Gasteiger partial charge in [0.25, 0.3) is 0 Å². The largest absolute Gasteiger partial charge is 0.337 e. The summed E-state index contributed by atoms with van der Waals surface area (Å²) in [5.74, 6) is 0.745. The van der Waals surface area contributed by atoms with Crippen molar-refractivity contribution in [3.8, 4) is 0 Å². The second-order valence-electron chi connectivity index (χ2n) is 3.90. The van der Waals surface area contributed by atoms with Crippen LogP contribution in [0.5, 0.6) is 0 Å². The van der Waals surface area contributed by atoms with Crippen molar-refractivity contribution in [3.63, 3.8) is 0 Å². The summed E-state index contributed by atoms with van der Waals surface area (Å²) in [5.41, 5.74) is 0.968. The predicted octanol–water partition coefficient (Wildman–Crippen LogP) is 1.45. The number of hydrogen-bond donors (Lipinski definition) is 0. The molecule has 1 aliphatic rings. The van der Waals surface area contributed by atoms with Crippen LogP contribution in [0.2, 0.25) is 0 Å². The number of pyridine rings is 1. The van der Waals surface area contributed by atoms with E-state index in [0.29, 0.717) is 18.9 Å². The zero-order chi connectivity index (χ0) is 9.97. The molecule has 1 saturated heterocycles. The Labute approximate surface area is 83.8 Å². The Kier molecular flexibility index (Phi) is 2.48. The van der Waals surface area contributed by atoms with E-state index < -0.39 is 0 Å². The van der Waals surface area contributed by atoms with E-state index in [1.54, 1.807) is 6.20 Å². The van der Waals surface area contributed by atoms with Crippen LogP contribution in [0.4, 0.5) is 0 Å².